The molecule has 30 heavy (non-hydrogen) atoms. The van der Waals surface area contributed by atoms with Crippen LogP contribution in [0.4, 0.5) is 24.5 Å². The summed E-state index contributed by atoms with van der Waals surface area (Å²) in [6.07, 6.45) is -5.09. The Balaban J connectivity index is 1.77. The van der Waals surface area contributed by atoms with E-state index in [1.807, 2.05) is 0 Å². The highest BCUT2D eigenvalue weighted by Crippen LogP contribution is 2.33. The standard InChI is InChI=1S/C19H15Cl2F3N2O4/c20-12-2-4-13(5-3-12)25-16(27)7-8-18(29)30-10-17(28)26-15-9-11(19(22,23)24)1-6-14(15)21/h1-6,9H,7-8,10H2,(H,25,27)(H,26,28). The Morgan fingerprint density at radius 1 is 0.900 bits per heavy atom. The summed E-state index contributed by atoms with van der Waals surface area (Å²) in [5.74, 6) is -2.16. The highest BCUT2D eigenvalue weighted by Gasteiger charge is 2.31. The van der Waals surface area contributed by atoms with E-state index in [4.69, 9.17) is 27.9 Å². The molecule has 0 aliphatic rings. The van der Waals surface area contributed by atoms with Crippen LogP contribution in [-0.4, -0.2) is 24.4 Å². The molecule has 2 aromatic carbocycles. The molecule has 0 atom stereocenters. The van der Waals surface area contributed by atoms with Gasteiger partial charge in [-0.25, -0.2) is 0 Å². The molecule has 0 unspecified atom stereocenters. The zero-order valence-electron chi connectivity index (χ0n) is 15.2. The molecule has 0 aliphatic heterocycles. The molecule has 0 heterocycles. The van der Waals surface area contributed by atoms with Gasteiger partial charge in [0.25, 0.3) is 5.91 Å². The number of carbonyl (C=O) groups excluding carboxylic acids is 3. The lowest BCUT2D eigenvalue weighted by Gasteiger charge is -2.12. The number of hydrogen-bond donors (Lipinski definition) is 2. The average Bonchev–Trinajstić information content (AvgIpc) is 2.67. The topological polar surface area (TPSA) is 84.5 Å². The first-order valence-electron chi connectivity index (χ1n) is 8.42. The van der Waals surface area contributed by atoms with Gasteiger partial charge in [0, 0.05) is 17.1 Å². The molecule has 0 bridgehead atoms. The summed E-state index contributed by atoms with van der Waals surface area (Å²) < 4.78 is 42.9. The maximum atomic E-state index is 12.7. The van der Waals surface area contributed by atoms with E-state index in [9.17, 15) is 27.6 Å². The number of ether oxygens (including phenoxy) is 1. The number of alkyl halides is 3. The van der Waals surface area contributed by atoms with E-state index < -0.39 is 36.1 Å². The van der Waals surface area contributed by atoms with Crippen molar-refractivity contribution in [2.24, 2.45) is 0 Å². The first-order valence-corrected chi connectivity index (χ1v) is 9.18. The molecular weight excluding hydrogens is 448 g/mol. The van der Waals surface area contributed by atoms with E-state index in [1.165, 1.54) is 0 Å². The zero-order valence-corrected chi connectivity index (χ0v) is 16.7. The summed E-state index contributed by atoms with van der Waals surface area (Å²) in [5, 5.41) is 5.09. The number of hydrogen-bond acceptors (Lipinski definition) is 4. The lowest BCUT2D eigenvalue weighted by Crippen LogP contribution is -2.22. The Labute approximate surface area is 179 Å². The molecule has 11 heteroatoms. The van der Waals surface area contributed by atoms with E-state index in [-0.39, 0.29) is 23.6 Å². The number of anilines is 2. The quantitative estimate of drug-likeness (QED) is 0.572. The Hall–Kier alpha value is -2.78. The summed E-state index contributed by atoms with van der Waals surface area (Å²) >= 11 is 11.5. The summed E-state index contributed by atoms with van der Waals surface area (Å²) in [6, 6.07) is 8.77. The van der Waals surface area contributed by atoms with Crippen LogP contribution in [0.15, 0.2) is 42.5 Å². The molecule has 0 spiro atoms. The van der Waals surface area contributed by atoms with Gasteiger partial charge in [0.1, 0.15) is 0 Å². The minimum absolute atomic E-state index is 0.110. The molecule has 0 aliphatic carbocycles. The van der Waals surface area contributed by atoms with Crippen LogP contribution in [0.1, 0.15) is 18.4 Å². The number of carbonyl (C=O) groups is 3. The van der Waals surface area contributed by atoms with Crippen LogP contribution in [-0.2, 0) is 25.3 Å². The van der Waals surface area contributed by atoms with Crippen molar-refractivity contribution in [3.63, 3.8) is 0 Å². The third kappa shape index (κ3) is 7.57. The van der Waals surface area contributed by atoms with E-state index in [0.29, 0.717) is 16.8 Å². The van der Waals surface area contributed by atoms with Crippen LogP contribution in [0, 0.1) is 0 Å². The van der Waals surface area contributed by atoms with Gasteiger partial charge in [-0.1, -0.05) is 23.2 Å². The molecule has 6 nitrogen and oxygen atoms in total. The van der Waals surface area contributed by atoms with Crippen molar-refractivity contribution in [3.8, 4) is 0 Å². The van der Waals surface area contributed by atoms with Gasteiger partial charge in [0.05, 0.1) is 22.7 Å². The molecular formula is C19H15Cl2F3N2O4. The highest BCUT2D eigenvalue weighted by molar-refractivity contribution is 6.33. The molecule has 2 aromatic rings. The predicted molar refractivity (Wildman–Crippen MR) is 105 cm³/mol. The number of esters is 1. The van der Waals surface area contributed by atoms with Crippen LogP contribution < -0.4 is 10.6 Å². The lowest BCUT2D eigenvalue weighted by atomic mass is 10.2. The molecule has 0 radical (unpaired) electrons. The summed E-state index contributed by atoms with van der Waals surface area (Å²) in [5.41, 5.74) is -0.768. The van der Waals surface area contributed by atoms with Gasteiger partial charge in [0.2, 0.25) is 5.91 Å². The molecule has 160 valence electrons. The highest BCUT2D eigenvalue weighted by atomic mass is 35.5. The number of nitrogens with one attached hydrogen (secondary N) is 2. The van der Waals surface area contributed by atoms with Crippen molar-refractivity contribution >= 4 is 52.4 Å². The van der Waals surface area contributed by atoms with Crippen molar-refractivity contribution in [2.75, 3.05) is 17.2 Å². The van der Waals surface area contributed by atoms with Gasteiger partial charge < -0.3 is 15.4 Å². The van der Waals surface area contributed by atoms with Gasteiger partial charge in [-0.3, -0.25) is 14.4 Å². The minimum Gasteiger partial charge on any atom is -0.456 e. The van der Waals surface area contributed by atoms with Crippen molar-refractivity contribution < 1.29 is 32.3 Å². The van der Waals surface area contributed by atoms with E-state index in [2.05, 4.69) is 10.6 Å². The second kappa shape index (κ2) is 10.3. The molecule has 0 aromatic heterocycles. The van der Waals surface area contributed by atoms with Crippen LogP contribution in [0.3, 0.4) is 0 Å². The van der Waals surface area contributed by atoms with Crippen LogP contribution in [0.5, 0.6) is 0 Å². The predicted octanol–water partition coefficient (Wildman–Crippen LogP) is 4.91. The van der Waals surface area contributed by atoms with Crippen molar-refractivity contribution in [2.45, 2.75) is 19.0 Å². The molecule has 0 fully saturated rings. The Bertz CT molecular complexity index is 934. The first-order chi connectivity index (χ1) is 14.0. The molecule has 2 N–H and O–H groups in total. The van der Waals surface area contributed by atoms with E-state index in [1.54, 1.807) is 24.3 Å². The van der Waals surface area contributed by atoms with Crippen LogP contribution in [0.25, 0.3) is 0 Å². The molecule has 2 rings (SSSR count). The van der Waals surface area contributed by atoms with Crippen molar-refractivity contribution in [1.29, 1.82) is 0 Å². The third-order valence-electron chi connectivity index (χ3n) is 3.62. The van der Waals surface area contributed by atoms with E-state index >= 15 is 0 Å². The fourth-order valence-corrected chi connectivity index (χ4v) is 2.46. The lowest BCUT2D eigenvalue weighted by molar-refractivity contribution is -0.147. The number of benzene rings is 2. The SMILES string of the molecule is O=C(CCC(=O)OCC(=O)Nc1cc(C(F)(F)F)ccc1Cl)Nc1ccc(Cl)cc1. The maximum Gasteiger partial charge on any atom is 0.416 e. The van der Waals surface area contributed by atoms with E-state index in [0.717, 1.165) is 12.1 Å². The Kier molecular flexibility index (Phi) is 8.08. The monoisotopic (exact) mass is 462 g/mol. The number of amides is 2. The number of rotatable bonds is 7. The van der Waals surface area contributed by atoms with Gasteiger partial charge in [-0.05, 0) is 42.5 Å². The largest absolute Gasteiger partial charge is 0.456 e. The summed E-state index contributed by atoms with van der Waals surface area (Å²) in [7, 11) is 0. The third-order valence-corrected chi connectivity index (χ3v) is 4.20. The van der Waals surface area contributed by atoms with Crippen LogP contribution >= 0.6 is 23.2 Å². The number of halogens is 5. The minimum atomic E-state index is -4.61. The summed E-state index contributed by atoms with van der Waals surface area (Å²) in [6.45, 7) is -0.746. The van der Waals surface area contributed by atoms with Gasteiger partial charge in [-0.15, -0.1) is 0 Å². The first kappa shape index (κ1) is 23.5. The Morgan fingerprint density at radius 2 is 1.57 bits per heavy atom. The van der Waals surface area contributed by atoms with Gasteiger partial charge in [0.15, 0.2) is 6.61 Å². The van der Waals surface area contributed by atoms with Gasteiger partial charge in [-0.2, -0.15) is 13.2 Å². The summed E-state index contributed by atoms with van der Waals surface area (Å²) in [4.78, 5) is 35.3. The zero-order chi connectivity index (χ0) is 22.3. The molecule has 0 saturated heterocycles. The molecule has 2 amide bonds. The second-order valence-electron chi connectivity index (χ2n) is 5.96. The smallest absolute Gasteiger partial charge is 0.416 e. The fraction of sp³-hybridized carbons (Fsp3) is 0.211. The Morgan fingerprint density at radius 3 is 2.20 bits per heavy atom. The fourth-order valence-electron chi connectivity index (χ4n) is 2.17. The van der Waals surface area contributed by atoms with Crippen molar-refractivity contribution in [3.05, 3.63) is 58.1 Å². The maximum absolute atomic E-state index is 12.7. The normalized spacial score (nSPS) is 11.0. The average molecular weight is 463 g/mol. The second-order valence-corrected chi connectivity index (χ2v) is 6.80. The molecule has 0 saturated carbocycles. The van der Waals surface area contributed by atoms with Crippen LogP contribution in [0.2, 0.25) is 10.0 Å². The van der Waals surface area contributed by atoms with Crippen molar-refractivity contribution in [1.82, 2.24) is 0 Å². The van der Waals surface area contributed by atoms with Gasteiger partial charge >= 0.3 is 12.1 Å².